The molecule has 150 valence electrons. The van der Waals surface area contributed by atoms with Crippen molar-refractivity contribution in [3.63, 3.8) is 0 Å². The summed E-state index contributed by atoms with van der Waals surface area (Å²) >= 11 is 0. The number of carbonyl (C=O) groups excluding carboxylic acids is 2. The molecule has 1 rings (SSSR count). The summed E-state index contributed by atoms with van der Waals surface area (Å²) in [4.78, 5) is 25.4. The molecule has 0 aliphatic carbocycles. The number of amides is 2. The van der Waals surface area contributed by atoms with Crippen LogP contribution in [0.3, 0.4) is 0 Å². The predicted molar refractivity (Wildman–Crippen MR) is 99.0 cm³/mol. The van der Waals surface area contributed by atoms with Crippen molar-refractivity contribution in [1.29, 1.82) is 0 Å². The van der Waals surface area contributed by atoms with Crippen LogP contribution in [-0.4, -0.2) is 34.8 Å². The van der Waals surface area contributed by atoms with E-state index in [4.69, 9.17) is 15.2 Å². The molecule has 0 unspecified atom stereocenters. The van der Waals surface area contributed by atoms with Gasteiger partial charge in [0.2, 0.25) is 0 Å². The number of nitrogen functional groups attached to an aromatic ring is 1. The molecule has 0 aliphatic heterocycles. The van der Waals surface area contributed by atoms with E-state index in [-0.39, 0.29) is 17.8 Å². The number of nitrogens with zero attached hydrogens (tertiary/aromatic N) is 1. The first-order chi connectivity index (χ1) is 12.2. The van der Waals surface area contributed by atoms with Crippen molar-refractivity contribution in [3.05, 3.63) is 35.4 Å². The summed E-state index contributed by atoms with van der Waals surface area (Å²) < 4.78 is 37.2. The summed E-state index contributed by atoms with van der Waals surface area (Å²) in [5.74, 6) is -1.69. The van der Waals surface area contributed by atoms with E-state index in [2.05, 4.69) is 0 Å². The summed E-state index contributed by atoms with van der Waals surface area (Å²) in [5.41, 5.74) is 3.76. The summed E-state index contributed by atoms with van der Waals surface area (Å²) in [7, 11) is 0. The van der Waals surface area contributed by atoms with Crippen molar-refractivity contribution in [3.8, 4) is 0 Å². The molecular weight excluding hydrogens is 358 g/mol. The van der Waals surface area contributed by atoms with E-state index in [0.717, 1.165) is 11.0 Å². The third-order valence-corrected chi connectivity index (χ3v) is 2.94. The lowest BCUT2D eigenvalue weighted by Crippen LogP contribution is -2.43. The molecule has 2 N–H and O–H groups in total. The summed E-state index contributed by atoms with van der Waals surface area (Å²) in [6.07, 6.45) is 0.862. The molecule has 0 bridgehead atoms. The second kappa shape index (κ2) is 8.37. The van der Waals surface area contributed by atoms with E-state index in [0.29, 0.717) is 6.07 Å². The number of anilines is 1. The number of imide groups is 1. The van der Waals surface area contributed by atoms with Crippen LogP contribution in [0.15, 0.2) is 18.2 Å². The van der Waals surface area contributed by atoms with E-state index in [1.165, 1.54) is 12.2 Å². The van der Waals surface area contributed by atoms with Gasteiger partial charge in [0.15, 0.2) is 0 Å². The molecule has 6 nitrogen and oxygen atoms in total. The molecule has 0 fully saturated rings. The van der Waals surface area contributed by atoms with Gasteiger partial charge in [0.05, 0.1) is 12.2 Å². The lowest BCUT2D eigenvalue weighted by molar-refractivity contribution is 0.00377. The van der Waals surface area contributed by atoms with Crippen LogP contribution in [0, 0.1) is 11.6 Å². The maximum Gasteiger partial charge on any atom is 0.420 e. The molecule has 0 aromatic heterocycles. The van der Waals surface area contributed by atoms with E-state index in [9.17, 15) is 18.4 Å². The van der Waals surface area contributed by atoms with Gasteiger partial charge in [-0.15, -0.1) is 0 Å². The molecule has 0 radical (unpaired) electrons. The predicted octanol–water partition coefficient (Wildman–Crippen LogP) is 4.73. The highest BCUT2D eigenvalue weighted by Gasteiger charge is 2.30. The zero-order valence-electron chi connectivity index (χ0n) is 16.4. The first kappa shape index (κ1) is 22.4. The van der Waals surface area contributed by atoms with Crippen molar-refractivity contribution >= 4 is 23.9 Å². The first-order valence-corrected chi connectivity index (χ1v) is 8.34. The van der Waals surface area contributed by atoms with Crippen LogP contribution >= 0.6 is 0 Å². The Morgan fingerprint density at radius 3 is 1.96 bits per heavy atom. The molecule has 0 spiro atoms. The Morgan fingerprint density at radius 1 is 1.04 bits per heavy atom. The van der Waals surface area contributed by atoms with Crippen molar-refractivity contribution in [2.24, 2.45) is 0 Å². The number of carbonyl (C=O) groups is 2. The molecule has 1 aromatic carbocycles. The van der Waals surface area contributed by atoms with Crippen molar-refractivity contribution in [2.75, 3.05) is 12.3 Å². The van der Waals surface area contributed by atoms with E-state index >= 15 is 0 Å². The number of benzene rings is 1. The SMILES string of the molecule is CC(C)(C)OC(=O)N(C/C=C/c1cc(F)cc(F)c1N)C(=O)OC(C)(C)C. The molecule has 27 heavy (non-hydrogen) atoms. The fourth-order valence-corrected chi connectivity index (χ4v) is 1.89. The lowest BCUT2D eigenvalue weighted by Gasteiger charge is -2.28. The van der Waals surface area contributed by atoms with Crippen LogP contribution in [-0.2, 0) is 9.47 Å². The van der Waals surface area contributed by atoms with E-state index in [1.807, 2.05) is 0 Å². The Balaban J connectivity index is 3.03. The number of ether oxygens (including phenoxy) is 2. The van der Waals surface area contributed by atoms with Crippen LogP contribution < -0.4 is 5.73 Å². The number of hydrogen-bond acceptors (Lipinski definition) is 5. The van der Waals surface area contributed by atoms with Crippen LogP contribution in [0.25, 0.3) is 6.08 Å². The molecule has 0 atom stereocenters. The van der Waals surface area contributed by atoms with Gasteiger partial charge < -0.3 is 15.2 Å². The molecule has 2 amide bonds. The van der Waals surface area contributed by atoms with Gasteiger partial charge in [0.25, 0.3) is 0 Å². The minimum Gasteiger partial charge on any atom is -0.443 e. The molecule has 0 saturated carbocycles. The quantitative estimate of drug-likeness (QED) is 0.762. The number of hydrogen-bond donors (Lipinski definition) is 1. The summed E-state index contributed by atoms with van der Waals surface area (Å²) in [6, 6.07) is 1.71. The number of nitrogens with two attached hydrogens (primary N) is 1. The van der Waals surface area contributed by atoms with Crippen LogP contribution in [0.1, 0.15) is 47.1 Å². The first-order valence-electron chi connectivity index (χ1n) is 8.34. The van der Waals surface area contributed by atoms with Gasteiger partial charge in [-0.25, -0.2) is 23.3 Å². The maximum atomic E-state index is 13.5. The highest BCUT2D eigenvalue weighted by atomic mass is 19.1. The average molecular weight is 384 g/mol. The minimum atomic E-state index is -0.903. The Bertz CT molecular complexity index is 706. The van der Waals surface area contributed by atoms with Crippen molar-refractivity contribution in [1.82, 2.24) is 4.90 Å². The van der Waals surface area contributed by atoms with Gasteiger partial charge in [0, 0.05) is 11.6 Å². The zero-order valence-corrected chi connectivity index (χ0v) is 16.4. The van der Waals surface area contributed by atoms with E-state index < -0.39 is 35.0 Å². The van der Waals surface area contributed by atoms with Gasteiger partial charge in [-0.05, 0) is 47.6 Å². The Labute approximate surface area is 157 Å². The largest absolute Gasteiger partial charge is 0.443 e. The smallest absolute Gasteiger partial charge is 0.420 e. The fraction of sp³-hybridized carbons (Fsp3) is 0.474. The maximum absolute atomic E-state index is 13.5. The molecular formula is C19H26F2N2O4. The van der Waals surface area contributed by atoms with Gasteiger partial charge >= 0.3 is 12.2 Å². The number of rotatable bonds is 3. The van der Waals surface area contributed by atoms with Crippen LogP contribution in [0.5, 0.6) is 0 Å². The Kier molecular flexibility index (Phi) is 6.94. The number of halogens is 2. The normalized spacial score (nSPS) is 12.1. The van der Waals surface area contributed by atoms with Crippen LogP contribution in [0.4, 0.5) is 24.1 Å². The van der Waals surface area contributed by atoms with Gasteiger partial charge in [0.1, 0.15) is 22.8 Å². The monoisotopic (exact) mass is 384 g/mol. The third-order valence-electron chi connectivity index (χ3n) is 2.94. The zero-order chi connectivity index (χ0) is 21.0. The van der Waals surface area contributed by atoms with Crippen molar-refractivity contribution < 1.29 is 27.8 Å². The second-order valence-electron chi connectivity index (χ2n) is 7.86. The molecule has 0 saturated heterocycles. The minimum absolute atomic E-state index is 0.0841. The van der Waals surface area contributed by atoms with Gasteiger partial charge in [-0.1, -0.05) is 12.2 Å². The van der Waals surface area contributed by atoms with Crippen LogP contribution in [0.2, 0.25) is 0 Å². The molecule has 0 aliphatic rings. The lowest BCUT2D eigenvalue weighted by atomic mass is 10.1. The van der Waals surface area contributed by atoms with Gasteiger partial charge in [-0.3, -0.25) is 0 Å². The fourth-order valence-electron chi connectivity index (χ4n) is 1.89. The summed E-state index contributed by atoms with van der Waals surface area (Å²) in [5, 5.41) is 0. The Hall–Kier alpha value is -2.64. The second-order valence-corrected chi connectivity index (χ2v) is 7.86. The van der Waals surface area contributed by atoms with E-state index in [1.54, 1.807) is 41.5 Å². The molecule has 8 heteroatoms. The molecule has 0 heterocycles. The van der Waals surface area contributed by atoms with Crippen molar-refractivity contribution in [2.45, 2.75) is 52.7 Å². The average Bonchev–Trinajstić information content (AvgIpc) is 2.44. The molecule has 1 aromatic rings. The third kappa shape index (κ3) is 7.64. The highest BCUT2D eigenvalue weighted by molar-refractivity contribution is 5.88. The standard InChI is InChI=1S/C19H26F2N2O4/c1-18(2,3)26-16(24)23(17(25)27-19(4,5)6)9-7-8-12-10-13(20)11-14(21)15(12)22/h7-8,10-11H,9,22H2,1-6H3/b8-7+. The van der Waals surface area contributed by atoms with Gasteiger partial charge in [-0.2, -0.15) is 0 Å². The Morgan fingerprint density at radius 2 is 1.52 bits per heavy atom. The summed E-state index contributed by atoms with van der Waals surface area (Å²) in [6.45, 7) is 9.71. The highest BCUT2D eigenvalue weighted by Crippen LogP contribution is 2.20. The topological polar surface area (TPSA) is 81.9 Å².